The summed E-state index contributed by atoms with van der Waals surface area (Å²) in [6.07, 6.45) is 0. The Labute approximate surface area is 89.4 Å². The van der Waals surface area contributed by atoms with Gasteiger partial charge >= 0.3 is 0 Å². The number of likely N-dealkylation sites (N-methyl/N-ethyl adjacent to an activating group) is 1. The van der Waals surface area contributed by atoms with Crippen LogP contribution >= 0.6 is 0 Å². The molecule has 2 nitrogen and oxygen atoms in total. The molecule has 0 aliphatic rings. The molecule has 2 heteroatoms. The van der Waals surface area contributed by atoms with E-state index >= 15 is 0 Å². The van der Waals surface area contributed by atoms with Gasteiger partial charge < -0.3 is 10.2 Å². The van der Waals surface area contributed by atoms with E-state index in [1.807, 2.05) is 0 Å². The van der Waals surface area contributed by atoms with Crippen LogP contribution in [0.1, 0.15) is 27.7 Å². The Morgan fingerprint density at radius 1 is 1.36 bits per heavy atom. The average Bonchev–Trinajstić information content (AvgIpc) is 1.98. The van der Waals surface area contributed by atoms with Gasteiger partial charge in [0.05, 0.1) is 0 Å². The smallest absolute Gasteiger partial charge is 0.0184 e. The first kappa shape index (κ1) is 13.7. The Balaban J connectivity index is 3.59. The van der Waals surface area contributed by atoms with Gasteiger partial charge in [0, 0.05) is 19.1 Å². The molecule has 0 aliphatic carbocycles. The summed E-state index contributed by atoms with van der Waals surface area (Å²) < 4.78 is 0. The Kier molecular flexibility index (Phi) is 6.85. The first-order chi connectivity index (χ1) is 6.41. The number of rotatable bonds is 7. The maximum Gasteiger partial charge on any atom is 0.0184 e. The fraction of sp³-hybridized carbons (Fsp3) is 0.833. The van der Waals surface area contributed by atoms with Crippen LogP contribution in [-0.2, 0) is 0 Å². The van der Waals surface area contributed by atoms with Crippen LogP contribution in [0.25, 0.3) is 0 Å². The maximum atomic E-state index is 3.92. The number of nitrogens with one attached hydrogen (secondary N) is 1. The first-order valence-electron chi connectivity index (χ1n) is 5.48. The Hall–Kier alpha value is -0.340. The molecule has 0 amide bonds. The zero-order valence-corrected chi connectivity index (χ0v) is 10.4. The Morgan fingerprint density at radius 3 is 2.36 bits per heavy atom. The van der Waals surface area contributed by atoms with Gasteiger partial charge in [0.25, 0.3) is 0 Å². The van der Waals surface area contributed by atoms with Crippen LogP contribution < -0.4 is 5.32 Å². The van der Waals surface area contributed by atoms with Crippen molar-refractivity contribution in [3.8, 4) is 0 Å². The fourth-order valence-corrected chi connectivity index (χ4v) is 1.56. The molecule has 1 unspecified atom stereocenters. The van der Waals surface area contributed by atoms with Crippen molar-refractivity contribution >= 4 is 0 Å². The molecule has 0 saturated carbocycles. The van der Waals surface area contributed by atoms with E-state index in [9.17, 15) is 0 Å². The molecule has 0 radical (unpaired) electrons. The monoisotopic (exact) mass is 198 g/mol. The fourth-order valence-electron chi connectivity index (χ4n) is 1.56. The molecule has 0 aromatic heterocycles. The van der Waals surface area contributed by atoms with E-state index in [1.54, 1.807) is 0 Å². The summed E-state index contributed by atoms with van der Waals surface area (Å²) >= 11 is 0. The van der Waals surface area contributed by atoms with E-state index in [2.05, 4.69) is 51.5 Å². The number of hydrogen-bond donors (Lipinski definition) is 1. The normalized spacial score (nSPS) is 13.6. The molecule has 1 N–H and O–H groups in total. The van der Waals surface area contributed by atoms with Crippen molar-refractivity contribution in [3.63, 3.8) is 0 Å². The molecule has 0 spiro atoms. The highest BCUT2D eigenvalue weighted by atomic mass is 15.1. The van der Waals surface area contributed by atoms with E-state index in [1.165, 1.54) is 5.57 Å². The van der Waals surface area contributed by atoms with Gasteiger partial charge in [0.2, 0.25) is 0 Å². The zero-order chi connectivity index (χ0) is 11.1. The highest BCUT2D eigenvalue weighted by Gasteiger charge is 2.06. The Morgan fingerprint density at radius 2 is 1.93 bits per heavy atom. The molecule has 0 rings (SSSR count). The largest absolute Gasteiger partial charge is 0.314 e. The molecular weight excluding hydrogens is 172 g/mol. The van der Waals surface area contributed by atoms with Gasteiger partial charge in [0.15, 0.2) is 0 Å². The minimum atomic E-state index is 0.587. The highest BCUT2D eigenvalue weighted by molar-refractivity contribution is 4.91. The molecule has 1 atom stereocenters. The summed E-state index contributed by atoms with van der Waals surface area (Å²) in [5.74, 6) is 0.696. The standard InChI is InChI=1S/C12H26N2/c1-10(2)8-14(6)9-12(5)7-13-11(3)4/h11-13H,1,7-9H2,2-6H3. The van der Waals surface area contributed by atoms with Crippen molar-refractivity contribution in [2.75, 3.05) is 26.7 Å². The molecule has 84 valence electrons. The van der Waals surface area contributed by atoms with E-state index in [0.29, 0.717) is 12.0 Å². The number of hydrogen-bond acceptors (Lipinski definition) is 2. The second kappa shape index (κ2) is 7.02. The topological polar surface area (TPSA) is 15.3 Å². The van der Waals surface area contributed by atoms with Crippen molar-refractivity contribution in [2.24, 2.45) is 5.92 Å². The van der Waals surface area contributed by atoms with Gasteiger partial charge in [-0.05, 0) is 26.4 Å². The van der Waals surface area contributed by atoms with Crippen molar-refractivity contribution in [1.29, 1.82) is 0 Å². The molecule has 0 heterocycles. The van der Waals surface area contributed by atoms with Crippen LogP contribution in [0.15, 0.2) is 12.2 Å². The molecule has 14 heavy (non-hydrogen) atoms. The summed E-state index contributed by atoms with van der Waals surface area (Å²) in [7, 11) is 2.15. The molecule has 0 aliphatic heterocycles. The van der Waals surface area contributed by atoms with Crippen LogP contribution in [-0.4, -0.2) is 37.6 Å². The van der Waals surface area contributed by atoms with Gasteiger partial charge in [-0.1, -0.05) is 32.9 Å². The minimum absolute atomic E-state index is 0.587. The van der Waals surface area contributed by atoms with Crippen molar-refractivity contribution in [2.45, 2.75) is 33.7 Å². The van der Waals surface area contributed by atoms with E-state index in [-0.39, 0.29) is 0 Å². The van der Waals surface area contributed by atoms with E-state index < -0.39 is 0 Å². The van der Waals surface area contributed by atoms with Crippen LogP contribution in [0, 0.1) is 5.92 Å². The average molecular weight is 198 g/mol. The van der Waals surface area contributed by atoms with Crippen molar-refractivity contribution in [1.82, 2.24) is 10.2 Å². The molecule has 0 aromatic carbocycles. The maximum absolute atomic E-state index is 3.92. The van der Waals surface area contributed by atoms with Gasteiger partial charge in [-0.25, -0.2) is 0 Å². The predicted octanol–water partition coefficient (Wildman–Crippen LogP) is 2.13. The van der Waals surface area contributed by atoms with Gasteiger partial charge in [-0.3, -0.25) is 0 Å². The van der Waals surface area contributed by atoms with Crippen LogP contribution in [0.2, 0.25) is 0 Å². The molecule has 0 fully saturated rings. The Bertz CT molecular complexity index is 164. The quantitative estimate of drug-likeness (QED) is 0.630. The highest BCUT2D eigenvalue weighted by Crippen LogP contribution is 1.99. The predicted molar refractivity (Wildman–Crippen MR) is 64.6 cm³/mol. The number of nitrogens with zero attached hydrogens (tertiary/aromatic N) is 1. The molecular formula is C12H26N2. The lowest BCUT2D eigenvalue weighted by molar-refractivity contribution is 0.296. The lowest BCUT2D eigenvalue weighted by Crippen LogP contribution is -2.34. The minimum Gasteiger partial charge on any atom is -0.314 e. The van der Waals surface area contributed by atoms with Crippen molar-refractivity contribution in [3.05, 3.63) is 12.2 Å². The summed E-state index contributed by atoms with van der Waals surface area (Å²) in [6, 6.07) is 0.587. The second-order valence-corrected chi connectivity index (χ2v) is 4.82. The third-order valence-corrected chi connectivity index (χ3v) is 2.04. The van der Waals surface area contributed by atoms with Gasteiger partial charge in [0.1, 0.15) is 0 Å². The van der Waals surface area contributed by atoms with Gasteiger partial charge in [-0.2, -0.15) is 0 Å². The van der Waals surface area contributed by atoms with Crippen molar-refractivity contribution < 1.29 is 0 Å². The summed E-state index contributed by atoms with van der Waals surface area (Å²) in [5, 5.41) is 3.45. The van der Waals surface area contributed by atoms with Crippen LogP contribution in [0.4, 0.5) is 0 Å². The van der Waals surface area contributed by atoms with E-state index in [4.69, 9.17) is 0 Å². The molecule has 0 bridgehead atoms. The SMILES string of the molecule is C=C(C)CN(C)CC(C)CNC(C)C. The van der Waals surface area contributed by atoms with Crippen LogP contribution in [0.3, 0.4) is 0 Å². The third-order valence-electron chi connectivity index (χ3n) is 2.04. The lowest BCUT2D eigenvalue weighted by Gasteiger charge is -2.22. The van der Waals surface area contributed by atoms with Gasteiger partial charge in [-0.15, -0.1) is 0 Å². The van der Waals surface area contributed by atoms with E-state index in [0.717, 1.165) is 19.6 Å². The summed E-state index contributed by atoms with van der Waals surface area (Å²) in [5.41, 5.74) is 1.23. The first-order valence-corrected chi connectivity index (χ1v) is 5.48. The molecule has 0 saturated heterocycles. The lowest BCUT2D eigenvalue weighted by atomic mass is 10.1. The second-order valence-electron chi connectivity index (χ2n) is 4.82. The summed E-state index contributed by atoms with van der Waals surface area (Å²) in [4.78, 5) is 2.33. The third kappa shape index (κ3) is 8.27. The van der Waals surface area contributed by atoms with Crippen LogP contribution in [0.5, 0.6) is 0 Å². The molecule has 0 aromatic rings. The summed E-state index contributed by atoms with van der Waals surface area (Å²) in [6.45, 7) is 15.9. The zero-order valence-electron chi connectivity index (χ0n) is 10.4.